The number of hydrogen-bond donors (Lipinski definition) is 3. The lowest BCUT2D eigenvalue weighted by Crippen LogP contribution is -2.20. The van der Waals surface area contributed by atoms with Gasteiger partial charge in [0.2, 0.25) is 0 Å². The summed E-state index contributed by atoms with van der Waals surface area (Å²) in [6.45, 7) is 2.76. The largest absolute Gasteiger partial charge is 0.465 e. The predicted octanol–water partition coefficient (Wildman–Crippen LogP) is 1.89. The zero-order valence-corrected chi connectivity index (χ0v) is 15.5. The first kappa shape index (κ1) is 20.6. The molecule has 0 aliphatic rings. The molecule has 1 amide bonds. The fourth-order valence-corrected chi connectivity index (χ4v) is 2.60. The molecular weight excluding hydrogens is 373 g/mol. The Morgan fingerprint density at radius 1 is 1.30 bits per heavy atom. The van der Waals surface area contributed by atoms with Crippen LogP contribution >= 0.6 is 11.8 Å². The minimum atomic E-state index is -0.455. The Balaban J connectivity index is 2.14. The van der Waals surface area contributed by atoms with E-state index in [9.17, 15) is 14.0 Å². The first-order valence-corrected chi connectivity index (χ1v) is 9.18. The molecule has 0 fully saturated rings. The maximum atomic E-state index is 13.0. The minimum absolute atomic E-state index is 0.0608. The van der Waals surface area contributed by atoms with Gasteiger partial charge < -0.3 is 21.1 Å². The summed E-state index contributed by atoms with van der Waals surface area (Å²) < 4.78 is 17.8. The van der Waals surface area contributed by atoms with E-state index in [-0.39, 0.29) is 17.3 Å². The molecule has 0 unspecified atom stereocenters. The van der Waals surface area contributed by atoms with E-state index in [1.54, 1.807) is 6.92 Å². The summed E-state index contributed by atoms with van der Waals surface area (Å²) >= 11 is 1.10. The number of benzene rings is 1. The third-order valence-corrected chi connectivity index (χ3v) is 4.01. The second kappa shape index (κ2) is 10.4. The first-order valence-electron chi connectivity index (χ1n) is 8.19. The number of carbonyl (C=O) groups excluding carboxylic acids is 2. The highest BCUT2D eigenvalue weighted by molar-refractivity contribution is 7.99. The van der Waals surface area contributed by atoms with Crippen LogP contribution in [0.3, 0.4) is 0 Å². The fraction of sp³-hybridized carbons (Fsp3) is 0.294. The Morgan fingerprint density at radius 2 is 2.04 bits per heavy atom. The van der Waals surface area contributed by atoms with Crippen molar-refractivity contribution in [2.75, 3.05) is 36.1 Å². The van der Waals surface area contributed by atoms with E-state index in [4.69, 9.17) is 10.5 Å². The van der Waals surface area contributed by atoms with Crippen molar-refractivity contribution in [2.24, 2.45) is 5.73 Å². The average molecular weight is 393 g/mol. The van der Waals surface area contributed by atoms with Crippen LogP contribution < -0.4 is 16.4 Å². The van der Waals surface area contributed by atoms with E-state index in [1.807, 2.05) is 0 Å². The van der Waals surface area contributed by atoms with Gasteiger partial charge in [-0.2, -0.15) is 0 Å². The second-order valence-electron chi connectivity index (χ2n) is 5.19. The second-order valence-corrected chi connectivity index (χ2v) is 6.13. The normalized spacial score (nSPS) is 10.3. The molecule has 0 saturated carbocycles. The number of nitrogens with one attached hydrogen (secondary N) is 2. The average Bonchev–Trinajstić information content (AvgIpc) is 2.66. The first-order chi connectivity index (χ1) is 13.0. The summed E-state index contributed by atoms with van der Waals surface area (Å²) in [6.07, 6.45) is 1.36. The maximum absolute atomic E-state index is 13.0. The van der Waals surface area contributed by atoms with Crippen molar-refractivity contribution in [3.8, 4) is 0 Å². The molecule has 4 N–H and O–H groups in total. The van der Waals surface area contributed by atoms with Crippen molar-refractivity contribution in [1.82, 2.24) is 9.97 Å². The minimum Gasteiger partial charge on any atom is -0.465 e. The standard InChI is InChI=1S/C17H20FN5O3S/c1-2-26-14(24)10-27-17-21-9-13(15(23-17)20-8-7-19)16(25)22-12-5-3-11(18)4-6-12/h3-6,9H,2,7-8,10,19H2,1H3,(H,22,25)(H,20,21,23). The number of thioether (sulfide) groups is 1. The summed E-state index contributed by atoms with van der Waals surface area (Å²) in [6, 6.07) is 5.39. The molecule has 10 heteroatoms. The highest BCUT2D eigenvalue weighted by Crippen LogP contribution is 2.20. The van der Waals surface area contributed by atoms with E-state index in [0.29, 0.717) is 36.4 Å². The molecule has 8 nitrogen and oxygen atoms in total. The van der Waals surface area contributed by atoms with Crippen LogP contribution in [0.5, 0.6) is 0 Å². The van der Waals surface area contributed by atoms with Crippen molar-refractivity contribution in [3.63, 3.8) is 0 Å². The lowest BCUT2D eigenvalue weighted by atomic mass is 10.2. The molecule has 1 aromatic carbocycles. The van der Waals surface area contributed by atoms with Crippen LogP contribution in [0.15, 0.2) is 35.6 Å². The molecule has 0 radical (unpaired) electrons. The number of rotatable bonds is 9. The number of carbonyl (C=O) groups is 2. The van der Waals surface area contributed by atoms with E-state index in [1.165, 1.54) is 30.5 Å². The van der Waals surface area contributed by atoms with E-state index < -0.39 is 11.7 Å². The Bertz CT molecular complexity index is 789. The smallest absolute Gasteiger partial charge is 0.316 e. The number of nitrogens with zero attached hydrogens (tertiary/aromatic N) is 2. The van der Waals surface area contributed by atoms with Crippen molar-refractivity contribution in [2.45, 2.75) is 12.1 Å². The Labute approximate surface area is 160 Å². The third kappa shape index (κ3) is 6.50. The van der Waals surface area contributed by atoms with Gasteiger partial charge in [0, 0.05) is 25.0 Å². The number of hydrogen-bond acceptors (Lipinski definition) is 8. The number of halogens is 1. The lowest BCUT2D eigenvalue weighted by Gasteiger charge is -2.12. The van der Waals surface area contributed by atoms with Gasteiger partial charge in [-0.3, -0.25) is 9.59 Å². The maximum Gasteiger partial charge on any atom is 0.316 e. The van der Waals surface area contributed by atoms with Crippen LogP contribution in [0, 0.1) is 5.82 Å². The Hall–Kier alpha value is -2.72. The zero-order valence-electron chi connectivity index (χ0n) is 14.7. The summed E-state index contributed by atoms with van der Waals surface area (Å²) in [5.41, 5.74) is 6.14. The molecule has 0 atom stereocenters. The molecule has 0 spiro atoms. The van der Waals surface area contributed by atoms with Gasteiger partial charge in [0.25, 0.3) is 5.91 Å². The summed E-state index contributed by atoms with van der Waals surface area (Å²) in [5, 5.41) is 5.94. The van der Waals surface area contributed by atoms with Gasteiger partial charge in [0.15, 0.2) is 5.16 Å². The van der Waals surface area contributed by atoms with Gasteiger partial charge in [0.1, 0.15) is 17.2 Å². The highest BCUT2D eigenvalue weighted by Gasteiger charge is 2.16. The van der Waals surface area contributed by atoms with Gasteiger partial charge in [-0.15, -0.1) is 0 Å². The molecule has 0 aliphatic heterocycles. The quantitative estimate of drug-likeness (QED) is 0.336. The van der Waals surface area contributed by atoms with Gasteiger partial charge in [-0.1, -0.05) is 11.8 Å². The summed E-state index contributed by atoms with van der Waals surface area (Å²) in [4.78, 5) is 32.3. The van der Waals surface area contributed by atoms with Gasteiger partial charge in [-0.05, 0) is 31.2 Å². The fourth-order valence-electron chi connectivity index (χ4n) is 1.98. The van der Waals surface area contributed by atoms with Crippen LogP contribution in [0.2, 0.25) is 0 Å². The molecule has 2 rings (SSSR count). The van der Waals surface area contributed by atoms with Gasteiger partial charge >= 0.3 is 5.97 Å². The SMILES string of the molecule is CCOC(=O)CSc1ncc(C(=O)Nc2ccc(F)cc2)c(NCCN)n1. The summed E-state index contributed by atoms with van der Waals surface area (Å²) in [5.74, 6) is -0.875. The van der Waals surface area contributed by atoms with Crippen molar-refractivity contribution >= 4 is 35.1 Å². The van der Waals surface area contributed by atoms with Crippen LogP contribution in [0.25, 0.3) is 0 Å². The lowest BCUT2D eigenvalue weighted by molar-refractivity contribution is -0.139. The topological polar surface area (TPSA) is 119 Å². The number of amides is 1. The predicted molar refractivity (Wildman–Crippen MR) is 101 cm³/mol. The van der Waals surface area contributed by atoms with Crippen LogP contribution in [0.1, 0.15) is 17.3 Å². The number of ether oxygens (including phenoxy) is 1. The molecule has 144 valence electrons. The molecule has 1 heterocycles. The molecule has 0 bridgehead atoms. The van der Waals surface area contributed by atoms with Crippen molar-refractivity contribution in [3.05, 3.63) is 41.8 Å². The van der Waals surface area contributed by atoms with Crippen LogP contribution in [-0.4, -0.2) is 47.3 Å². The third-order valence-electron chi connectivity index (χ3n) is 3.17. The highest BCUT2D eigenvalue weighted by atomic mass is 32.2. The molecule has 1 aromatic heterocycles. The summed E-state index contributed by atoms with van der Waals surface area (Å²) in [7, 11) is 0. The number of anilines is 2. The Morgan fingerprint density at radius 3 is 2.70 bits per heavy atom. The molecule has 0 saturated heterocycles. The van der Waals surface area contributed by atoms with Crippen molar-refractivity contribution < 1.29 is 18.7 Å². The van der Waals surface area contributed by atoms with E-state index in [0.717, 1.165) is 11.8 Å². The van der Waals surface area contributed by atoms with E-state index in [2.05, 4.69) is 20.6 Å². The van der Waals surface area contributed by atoms with Gasteiger partial charge in [-0.25, -0.2) is 14.4 Å². The Kier molecular flexibility index (Phi) is 7.96. The number of esters is 1. The number of aromatic nitrogens is 2. The van der Waals surface area contributed by atoms with E-state index >= 15 is 0 Å². The monoisotopic (exact) mass is 393 g/mol. The van der Waals surface area contributed by atoms with Crippen LogP contribution in [0.4, 0.5) is 15.9 Å². The molecule has 27 heavy (non-hydrogen) atoms. The van der Waals surface area contributed by atoms with Crippen LogP contribution in [-0.2, 0) is 9.53 Å². The zero-order chi connectivity index (χ0) is 19.6. The molecule has 2 aromatic rings. The molecule has 0 aliphatic carbocycles. The van der Waals surface area contributed by atoms with Gasteiger partial charge in [0.05, 0.1) is 12.4 Å². The molecular formula is C17H20FN5O3S. The number of nitrogens with two attached hydrogens (primary N) is 1. The van der Waals surface area contributed by atoms with Crippen molar-refractivity contribution in [1.29, 1.82) is 0 Å².